The van der Waals surface area contributed by atoms with Crippen molar-refractivity contribution in [3.63, 3.8) is 0 Å². The average molecular weight is 225 g/mol. The lowest BCUT2D eigenvalue weighted by atomic mass is 10.1. The number of carbonyl (C=O) groups is 1. The lowest BCUT2D eigenvalue weighted by molar-refractivity contribution is -0.133. The lowest BCUT2D eigenvalue weighted by Crippen LogP contribution is -1.94. The number of nitrogens with two attached hydrogens (primary N) is 1. The summed E-state index contributed by atoms with van der Waals surface area (Å²) in [4.78, 5) is 10.9. The Hall–Kier alpha value is -2.47. The molecule has 0 aliphatic carbocycles. The number of benzene rings is 2. The highest BCUT2D eigenvalue weighted by atomic mass is 16.5. The van der Waals surface area contributed by atoms with E-state index in [-0.39, 0.29) is 0 Å². The second-order valence-corrected chi connectivity index (χ2v) is 3.56. The minimum absolute atomic E-state index is 0.539. The molecule has 0 fully saturated rings. The molecule has 84 valence electrons. The van der Waals surface area contributed by atoms with Gasteiger partial charge in [0, 0.05) is 17.2 Å². The summed E-state index contributed by atoms with van der Waals surface area (Å²) in [7, 11) is 1.31. The molecular formula is C14H11NO2. The first-order valence-electron chi connectivity index (χ1n) is 5.08. The Bertz CT molecular complexity index is 635. The van der Waals surface area contributed by atoms with E-state index in [1.165, 1.54) is 7.11 Å². The van der Waals surface area contributed by atoms with Crippen molar-refractivity contribution < 1.29 is 9.53 Å². The number of fused-ring (bicyclic) bond motifs is 1. The van der Waals surface area contributed by atoms with Crippen LogP contribution in [0, 0.1) is 11.8 Å². The fraction of sp³-hybridized carbons (Fsp3) is 0.0714. The Morgan fingerprint density at radius 3 is 2.65 bits per heavy atom. The van der Waals surface area contributed by atoms with Crippen LogP contribution in [-0.2, 0) is 9.53 Å². The largest absolute Gasteiger partial charge is 0.459 e. The van der Waals surface area contributed by atoms with Crippen LogP contribution in [0.25, 0.3) is 10.8 Å². The topological polar surface area (TPSA) is 52.3 Å². The number of ether oxygens (including phenoxy) is 1. The summed E-state index contributed by atoms with van der Waals surface area (Å²) in [5.41, 5.74) is 7.19. The third kappa shape index (κ3) is 2.56. The number of hydrogen-bond donors (Lipinski definition) is 1. The summed E-state index contributed by atoms with van der Waals surface area (Å²) in [5, 5.41) is 2.09. The van der Waals surface area contributed by atoms with Crippen molar-refractivity contribution in [2.24, 2.45) is 0 Å². The zero-order valence-electron chi connectivity index (χ0n) is 9.36. The van der Waals surface area contributed by atoms with E-state index in [2.05, 4.69) is 16.6 Å². The van der Waals surface area contributed by atoms with Crippen molar-refractivity contribution in [2.75, 3.05) is 12.8 Å². The van der Waals surface area contributed by atoms with Crippen LogP contribution in [0.15, 0.2) is 36.4 Å². The number of rotatable bonds is 0. The molecule has 0 aliphatic heterocycles. The predicted octanol–water partition coefficient (Wildman–Crippen LogP) is 1.95. The Kier molecular flexibility index (Phi) is 2.97. The Labute approximate surface area is 99.2 Å². The highest BCUT2D eigenvalue weighted by Crippen LogP contribution is 2.18. The molecule has 17 heavy (non-hydrogen) atoms. The van der Waals surface area contributed by atoms with Crippen LogP contribution < -0.4 is 5.73 Å². The summed E-state index contributed by atoms with van der Waals surface area (Å²) in [5.74, 6) is 4.60. The van der Waals surface area contributed by atoms with Crippen LogP contribution >= 0.6 is 0 Å². The van der Waals surface area contributed by atoms with E-state index in [0.29, 0.717) is 0 Å². The molecule has 2 rings (SSSR count). The second-order valence-electron chi connectivity index (χ2n) is 3.56. The van der Waals surface area contributed by atoms with Crippen molar-refractivity contribution in [3.8, 4) is 11.8 Å². The predicted molar refractivity (Wildman–Crippen MR) is 67.3 cm³/mol. The average Bonchev–Trinajstić information content (AvgIpc) is 2.35. The zero-order valence-corrected chi connectivity index (χ0v) is 9.36. The number of anilines is 1. The van der Waals surface area contributed by atoms with Gasteiger partial charge in [-0.25, -0.2) is 4.79 Å². The molecule has 2 aromatic carbocycles. The molecule has 0 aromatic heterocycles. The SMILES string of the molecule is COC(=O)C#Cc1ccc2cc(N)ccc2c1. The molecule has 0 bridgehead atoms. The fourth-order valence-electron chi connectivity index (χ4n) is 1.52. The van der Waals surface area contributed by atoms with Crippen LogP contribution in [0.4, 0.5) is 5.69 Å². The number of carbonyl (C=O) groups excluding carboxylic acids is 1. The van der Waals surface area contributed by atoms with Gasteiger partial charge in [0.15, 0.2) is 0 Å². The van der Waals surface area contributed by atoms with Crippen LogP contribution in [-0.4, -0.2) is 13.1 Å². The maximum atomic E-state index is 10.9. The van der Waals surface area contributed by atoms with Gasteiger partial charge in [-0.2, -0.15) is 0 Å². The van der Waals surface area contributed by atoms with Gasteiger partial charge in [-0.05, 0) is 35.0 Å². The Morgan fingerprint density at radius 2 is 1.88 bits per heavy atom. The van der Waals surface area contributed by atoms with E-state index in [1.54, 1.807) is 0 Å². The van der Waals surface area contributed by atoms with Gasteiger partial charge < -0.3 is 10.5 Å². The van der Waals surface area contributed by atoms with E-state index >= 15 is 0 Å². The van der Waals surface area contributed by atoms with Crippen LogP contribution in [0.3, 0.4) is 0 Å². The monoisotopic (exact) mass is 225 g/mol. The third-order valence-corrected chi connectivity index (χ3v) is 2.36. The summed E-state index contributed by atoms with van der Waals surface area (Å²) in [6.45, 7) is 0. The minimum atomic E-state index is -0.539. The van der Waals surface area contributed by atoms with Crippen LogP contribution in [0.5, 0.6) is 0 Å². The smallest absolute Gasteiger partial charge is 0.384 e. The van der Waals surface area contributed by atoms with E-state index in [1.807, 2.05) is 36.4 Å². The molecule has 0 heterocycles. The molecule has 0 unspecified atom stereocenters. The lowest BCUT2D eigenvalue weighted by Gasteiger charge is -1.99. The van der Waals surface area contributed by atoms with Gasteiger partial charge in [-0.15, -0.1) is 0 Å². The first kappa shape index (κ1) is 11.0. The zero-order chi connectivity index (χ0) is 12.3. The molecule has 3 heteroatoms. The quantitative estimate of drug-likeness (QED) is 0.423. The molecule has 0 aliphatic rings. The molecule has 0 saturated carbocycles. The molecular weight excluding hydrogens is 214 g/mol. The summed E-state index contributed by atoms with van der Waals surface area (Å²) >= 11 is 0. The van der Waals surface area contributed by atoms with Gasteiger partial charge >= 0.3 is 5.97 Å². The van der Waals surface area contributed by atoms with Gasteiger partial charge in [0.05, 0.1) is 7.11 Å². The van der Waals surface area contributed by atoms with Crippen LogP contribution in [0.2, 0.25) is 0 Å². The maximum absolute atomic E-state index is 10.9. The minimum Gasteiger partial charge on any atom is -0.459 e. The first-order valence-corrected chi connectivity index (χ1v) is 5.08. The summed E-state index contributed by atoms with van der Waals surface area (Å²) < 4.78 is 4.45. The molecule has 2 aromatic rings. The van der Waals surface area contributed by atoms with Gasteiger partial charge in [-0.1, -0.05) is 18.1 Å². The Morgan fingerprint density at radius 1 is 1.18 bits per heavy atom. The molecule has 0 saturated heterocycles. The third-order valence-electron chi connectivity index (χ3n) is 2.36. The van der Waals surface area contributed by atoms with E-state index in [0.717, 1.165) is 22.0 Å². The highest BCUT2D eigenvalue weighted by molar-refractivity contribution is 5.90. The summed E-state index contributed by atoms with van der Waals surface area (Å²) in [6, 6.07) is 11.3. The molecule has 0 spiro atoms. The molecule has 3 nitrogen and oxygen atoms in total. The van der Waals surface area contributed by atoms with Gasteiger partial charge in [0.25, 0.3) is 0 Å². The normalized spacial score (nSPS) is 9.47. The number of hydrogen-bond acceptors (Lipinski definition) is 3. The van der Waals surface area contributed by atoms with E-state index in [4.69, 9.17) is 5.73 Å². The number of esters is 1. The van der Waals surface area contributed by atoms with Crippen molar-refractivity contribution in [1.82, 2.24) is 0 Å². The van der Waals surface area contributed by atoms with Crippen molar-refractivity contribution in [2.45, 2.75) is 0 Å². The molecule has 0 radical (unpaired) electrons. The van der Waals surface area contributed by atoms with Crippen LogP contribution in [0.1, 0.15) is 5.56 Å². The molecule has 0 amide bonds. The Balaban J connectivity index is 2.40. The fourth-order valence-corrected chi connectivity index (χ4v) is 1.52. The second kappa shape index (κ2) is 4.58. The summed E-state index contributed by atoms with van der Waals surface area (Å²) in [6.07, 6.45) is 0. The number of nitrogen functional groups attached to an aromatic ring is 1. The first-order chi connectivity index (χ1) is 8.19. The number of methoxy groups -OCH3 is 1. The molecule has 0 atom stereocenters. The van der Waals surface area contributed by atoms with Crippen molar-refractivity contribution in [3.05, 3.63) is 42.0 Å². The standard InChI is InChI=1S/C14H11NO2/c1-17-14(16)7-3-10-2-4-12-9-13(15)6-5-11(12)8-10/h2,4-6,8-9H,15H2,1H3. The van der Waals surface area contributed by atoms with E-state index < -0.39 is 5.97 Å². The molecule has 2 N–H and O–H groups in total. The van der Waals surface area contributed by atoms with Crippen molar-refractivity contribution >= 4 is 22.4 Å². The van der Waals surface area contributed by atoms with Gasteiger partial charge in [0.2, 0.25) is 0 Å². The van der Waals surface area contributed by atoms with Gasteiger partial charge in [-0.3, -0.25) is 0 Å². The highest BCUT2D eigenvalue weighted by Gasteiger charge is 1.96. The van der Waals surface area contributed by atoms with Crippen molar-refractivity contribution in [1.29, 1.82) is 0 Å². The van der Waals surface area contributed by atoms with Gasteiger partial charge in [0.1, 0.15) is 0 Å². The van der Waals surface area contributed by atoms with E-state index in [9.17, 15) is 4.79 Å². The maximum Gasteiger partial charge on any atom is 0.384 e.